The van der Waals surface area contributed by atoms with E-state index in [9.17, 15) is 0 Å². The molecule has 0 bridgehead atoms. The van der Waals surface area contributed by atoms with Crippen LogP contribution in [0.2, 0.25) is 0 Å². The van der Waals surface area contributed by atoms with E-state index >= 15 is 0 Å². The van der Waals surface area contributed by atoms with Gasteiger partial charge in [-0.25, -0.2) is 0 Å². The molecule has 0 unspecified atom stereocenters. The van der Waals surface area contributed by atoms with E-state index in [1.807, 2.05) is 6.92 Å². The second-order valence-electron chi connectivity index (χ2n) is 7.39. The molecule has 2 aliphatic rings. The minimum absolute atomic E-state index is 0.301. The summed E-state index contributed by atoms with van der Waals surface area (Å²) in [5.41, 5.74) is 1.34. The highest BCUT2D eigenvalue weighted by Gasteiger charge is 2.29. The monoisotopic (exact) mass is 355 g/mol. The van der Waals surface area contributed by atoms with Gasteiger partial charge in [-0.2, -0.15) is 4.98 Å². The maximum Gasteiger partial charge on any atom is 0.243 e. The maximum absolute atomic E-state index is 5.47. The molecule has 0 radical (unpaired) electrons. The fourth-order valence-corrected chi connectivity index (χ4v) is 4.13. The summed E-state index contributed by atoms with van der Waals surface area (Å²) < 4.78 is 5.47. The van der Waals surface area contributed by atoms with Gasteiger partial charge < -0.3 is 9.42 Å². The average molecular weight is 355 g/mol. The van der Waals surface area contributed by atoms with Crippen molar-refractivity contribution in [2.45, 2.75) is 32.2 Å². The van der Waals surface area contributed by atoms with Crippen molar-refractivity contribution in [2.75, 3.05) is 50.7 Å². The summed E-state index contributed by atoms with van der Waals surface area (Å²) in [5, 5.41) is 3.98. The third-order valence-corrected chi connectivity index (χ3v) is 5.64. The standard InChI is InChI=1S/C20H29N5O/c1-17-21-20(26-22-17)19-9-5-6-10-25(19)16-13-23-11-14-24(15-12-23)18-7-3-2-4-8-18/h2-4,7-8,19H,5-6,9-16H2,1H3/t19-/m1/s1. The van der Waals surface area contributed by atoms with Crippen LogP contribution in [0.1, 0.15) is 37.0 Å². The van der Waals surface area contributed by atoms with Crippen LogP contribution in [0, 0.1) is 6.92 Å². The normalized spacial score (nSPS) is 22.7. The quantitative estimate of drug-likeness (QED) is 0.822. The molecule has 0 aliphatic carbocycles. The van der Waals surface area contributed by atoms with E-state index in [0.717, 1.165) is 63.9 Å². The summed E-state index contributed by atoms with van der Waals surface area (Å²) in [4.78, 5) is 12.1. The highest BCUT2D eigenvalue weighted by atomic mass is 16.5. The number of para-hydroxylation sites is 1. The first-order chi connectivity index (χ1) is 12.8. The van der Waals surface area contributed by atoms with E-state index in [-0.39, 0.29) is 0 Å². The fraction of sp³-hybridized carbons (Fsp3) is 0.600. The second kappa shape index (κ2) is 8.18. The molecule has 0 N–H and O–H groups in total. The lowest BCUT2D eigenvalue weighted by Gasteiger charge is -2.38. The third kappa shape index (κ3) is 4.07. The van der Waals surface area contributed by atoms with Gasteiger partial charge in [-0.1, -0.05) is 29.8 Å². The number of piperidine rings is 1. The molecule has 0 spiro atoms. The van der Waals surface area contributed by atoms with Gasteiger partial charge in [0.05, 0.1) is 6.04 Å². The molecule has 140 valence electrons. The lowest BCUT2D eigenvalue weighted by Crippen LogP contribution is -2.49. The van der Waals surface area contributed by atoms with Crippen molar-refractivity contribution in [1.29, 1.82) is 0 Å². The molecule has 26 heavy (non-hydrogen) atoms. The molecule has 2 saturated heterocycles. The van der Waals surface area contributed by atoms with Crippen LogP contribution in [0.4, 0.5) is 5.69 Å². The Morgan fingerprint density at radius 1 is 1.00 bits per heavy atom. The zero-order chi connectivity index (χ0) is 17.8. The fourth-order valence-electron chi connectivity index (χ4n) is 4.13. The van der Waals surface area contributed by atoms with Crippen molar-refractivity contribution in [3.8, 4) is 0 Å². The van der Waals surface area contributed by atoms with Gasteiger partial charge in [0, 0.05) is 45.0 Å². The van der Waals surface area contributed by atoms with E-state index in [0.29, 0.717) is 6.04 Å². The number of aromatic nitrogens is 2. The molecule has 1 aromatic carbocycles. The predicted molar refractivity (Wildman–Crippen MR) is 102 cm³/mol. The number of anilines is 1. The van der Waals surface area contributed by atoms with Crippen molar-refractivity contribution in [2.24, 2.45) is 0 Å². The first-order valence-corrected chi connectivity index (χ1v) is 9.86. The average Bonchev–Trinajstić information content (AvgIpc) is 3.14. The van der Waals surface area contributed by atoms with Crippen LogP contribution < -0.4 is 4.90 Å². The molecule has 1 aromatic heterocycles. The SMILES string of the molecule is Cc1noc([C@H]2CCCCN2CCN2CCN(c3ccccc3)CC2)n1. The second-order valence-corrected chi connectivity index (χ2v) is 7.39. The predicted octanol–water partition coefficient (Wildman–Crippen LogP) is 2.73. The lowest BCUT2D eigenvalue weighted by molar-refractivity contribution is 0.101. The van der Waals surface area contributed by atoms with E-state index in [1.165, 1.54) is 18.5 Å². The summed E-state index contributed by atoms with van der Waals surface area (Å²) in [7, 11) is 0. The Hall–Kier alpha value is -1.92. The van der Waals surface area contributed by atoms with Crippen LogP contribution in [-0.2, 0) is 0 Å². The van der Waals surface area contributed by atoms with Gasteiger partial charge in [0.1, 0.15) is 0 Å². The molecule has 6 heteroatoms. The molecule has 4 rings (SSSR count). The van der Waals surface area contributed by atoms with Gasteiger partial charge in [0.15, 0.2) is 5.82 Å². The Bertz CT molecular complexity index is 681. The topological polar surface area (TPSA) is 48.6 Å². The summed E-state index contributed by atoms with van der Waals surface area (Å²) in [6.07, 6.45) is 3.65. The number of hydrogen-bond acceptors (Lipinski definition) is 6. The number of likely N-dealkylation sites (tertiary alicyclic amines) is 1. The smallest absolute Gasteiger partial charge is 0.243 e. The van der Waals surface area contributed by atoms with Crippen LogP contribution in [0.15, 0.2) is 34.9 Å². The Balaban J connectivity index is 1.28. The number of rotatable bonds is 5. The largest absolute Gasteiger partial charge is 0.369 e. The number of benzene rings is 1. The number of hydrogen-bond donors (Lipinski definition) is 0. The molecule has 2 aromatic rings. The van der Waals surface area contributed by atoms with Crippen LogP contribution in [0.3, 0.4) is 0 Å². The minimum atomic E-state index is 0.301. The Kier molecular flexibility index (Phi) is 5.51. The lowest BCUT2D eigenvalue weighted by atomic mass is 10.0. The van der Waals surface area contributed by atoms with Crippen molar-refractivity contribution in [3.63, 3.8) is 0 Å². The summed E-state index contributed by atoms with van der Waals surface area (Å²) in [5.74, 6) is 1.54. The van der Waals surface area contributed by atoms with E-state index < -0.39 is 0 Å². The summed E-state index contributed by atoms with van der Waals surface area (Å²) in [6, 6.07) is 11.0. The van der Waals surface area contributed by atoms with Crippen molar-refractivity contribution < 1.29 is 4.52 Å². The molecule has 6 nitrogen and oxygen atoms in total. The van der Waals surface area contributed by atoms with Crippen LogP contribution in [0.25, 0.3) is 0 Å². The third-order valence-electron chi connectivity index (χ3n) is 5.64. The Morgan fingerprint density at radius 2 is 1.81 bits per heavy atom. The van der Waals surface area contributed by atoms with E-state index in [1.54, 1.807) is 0 Å². The minimum Gasteiger partial charge on any atom is -0.369 e. The number of nitrogens with zero attached hydrogens (tertiary/aromatic N) is 5. The first kappa shape index (κ1) is 17.5. The van der Waals surface area contributed by atoms with E-state index in [2.05, 4.69) is 55.2 Å². The van der Waals surface area contributed by atoms with Gasteiger partial charge in [-0.3, -0.25) is 9.80 Å². The summed E-state index contributed by atoms with van der Waals surface area (Å²) >= 11 is 0. The van der Waals surface area contributed by atoms with Gasteiger partial charge >= 0.3 is 0 Å². The van der Waals surface area contributed by atoms with Gasteiger partial charge in [-0.05, 0) is 38.4 Å². The number of aryl methyl sites for hydroxylation is 1. The Labute approximate surface area is 155 Å². The molecule has 0 saturated carbocycles. The van der Waals surface area contributed by atoms with Crippen molar-refractivity contribution in [3.05, 3.63) is 42.0 Å². The number of piperazine rings is 1. The Morgan fingerprint density at radius 3 is 2.54 bits per heavy atom. The molecule has 2 fully saturated rings. The van der Waals surface area contributed by atoms with E-state index in [4.69, 9.17) is 4.52 Å². The molecule has 1 atom stereocenters. The first-order valence-electron chi connectivity index (χ1n) is 9.86. The van der Waals surface area contributed by atoms with Crippen LogP contribution >= 0.6 is 0 Å². The zero-order valence-electron chi connectivity index (χ0n) is 15.7. The molecular weight excluding hydrogens is 326 g/mol. The zero-order valence-corrected chi connectivity index (χ0v) is 15.7. The highest BCUT2D eigenvalue weighted by Crippen LogP contribution is 2.29. The maximum atomic E-state index is 5.47. The van der Waals surface area contributed by atoms with Gasteiger partial charge in [0.25, 0.3) is 0 Å². The highest BCUT2D eigenvalue weighted by molar-refractivity contribution is 5.46. The molecule has 0 amide bonds. The molecule has 2 aliphatic heterocycles. The van der Waals surface area contributed by atoms with Crippen molar-refractivity contribution in [1.82, 2.24) is 19.9 Å². The van der Waals surface area contributed by atoms with Crippen molar-refractivity contribution >= 4 is 5.69 Å². The molecule has 3 heterocycles. The van der Waals surface area contributed by atoms with Gasteiger partial charge in [-0.15, -0.1) is 0 Å². The van der Waals surface area contributed by atoms with Gasteiger partial charge in [0.2, 0.25) is 5.89 Å². The molecular formula is C20H29N5O. The van der Waals surface area contributed by atoms with Crippen LogP contribution in [-0.4, -0.2) is 65.8 Å². The summed E-state index contributed by atoms with van der Waals surface area (Å²) in [6.45, 7) is 9.71. The van der Waals surface area contributed by atoms with Crippen LogP contribution in [0.5, 0.6) is 0 Å².